The highest BCUT2D eigenvalue weighted by molar-refractivity contribution is 5.41. The Kier molecular flexibility index (Phi) is 4.81. The standard InChI is InChI=1S/C19H20F2N6/c1-14(17-8-7-15(20)13-18(17)21)25-9-11-26(12-10-25)19-22-23-24-27(19)16-5-3-2-4-6-16/h2-8,13-14H,9-12H2,1H3. The monoisotopic (exact) mass is 370 g/mol. The van der Waals surface area contributed by atoms with E-state index in [1.165, 1.54) is 12.1 Å². The number of rotatable bonds is 4. The first-order valence-corrected chi connectivity index (χ1v) is 8.91. The molecule has 27 heavy (non-hydrogen) atoms. The molecular weight excluding hydrogens is 350 g/mol. The second-order valence-corrected chi connectivity index (χ2v) is 6.59. The number of piperazine rings is 1. The Morgan fingerprint density at radius 3 is 2.41 bits per heavy atom. The molecule has 1 atom stereocenters. The zero-order chi connectivity index (χ0) is 18.8. The molecule has 2 heterocycles. The largest absolute Gasteiger partial charge is 0.337 e. The van der Waals surface area contributed by atoms with E-state index in [0.29, 0.717) is 11.5 Å². The molecule has 4 rings (SSSR count). The molecule has 1 aliphatic rings. The minimum Gasteiger partial charge on any atom is -0.337 e. The predicted molar refractivity (Wildman–Crippen MR) is 97.7 cm³/mol. The smallest absolute Gasteiger partial charge is 0.250 e. The van der Waals surface area contributed by atoms with Gasteiger partial charge in [0.2, 0.25) is 5.95 Å². The Labute approximate surface area is 156 Å². The number of aromatic nitrogens is 4. The number of para-hydroxylation sites is 1. The fourth-order valence-corrected chi connectivity index (χ4v) is 3.46. The summed E-state index contributed by atoms with van der Waals surface area (Å²) in [4.78, 5) is 4.31. The summed E-state index contributed by atoms with van der Waals surface area (Å²) in [6.07, 6.45) is 0. The van der Waals surface area contributed by atoms with Crippen LogP contribution in [-0.4, -0.2) is 51.3 Å². The van der Waals surface area contributed by atoms with Crippen molar-refractivity contribution in [1.82, 2.24) is 25.1 Å². The third-order valence-corrected chi connectivity index (χ3v) is 5.01. The molecule has 0 spiro atoms. The van der Waals surface area contributed by atoms with Crippen LogP contribution < -0.4 is 4.90 Å². The average molecular weight is 370 g/mol. The van der Waals surface area contributed by atoms with Crippen LogP contribution in [0.4, 0.5) is 14.7 Å². The molecule has 0 aliphatic carbocycles. The first-order valence-electron chi connectivity index (χ1n) is 8.91. The first-order chi connectivity index (χ1) is 13.1. The molecule has 6 nitrogen and oxygen atoms in total. The van der Waals surface area contributed by atoms with E-state index >= 15 is 0 Å². The van der Waals surface area contributed by atoms with Crippen molar-refractivity contribution in [3.05, 3.63) is 65.7 Å². The summed E-state index contributed by atoms with van der Waals surface area (Å²) in [6.45, 7) is 4.86. The van der Waals surface area contributed by atoms with Crippen molar-refractivity contribution in [3.8, 4) is 5.69 Å². The van der Waals surface area contributed by atoms with Crippen LogP contribution in [-0.2, 0) is 0 Å². The summed E-state index contributed by atoms with van der Waals surface area (Å²) in [7, 11) is 0. The number of hydrogen-bond acceptors (Lipinski definition) is 5. The van der Waals surface area contributed by atoms with Crippen LogP contribution in [0.3, 0.4) is 0 Å². The van der Waals surface area contributed by atoms with Crippen LogP contribution in [0, 0.1) is 11.6 Å². The van der Waals surface area contributed by atoms with Gasteiger partial charge in [-0.05, 0) is 35.5 Å². The SMILES string of the molecule is CC(c1ccc(F)cc1F)N1CCN(c2nnnn2-c2ccccc2)CC1. The number of nitrogens with zero attached hydrogens (tertiary/aromatic N) is 6. The number of benzene rings is 2. The Hall–Kier alpha value is -2.87. The van der Waals surface area contributed by atoms with Gasteiger partial charge >= 0.3 is 0 Å². The van der Waals surface area contributed by atoms with Crippen molar-refractivity contribution < 1.29 is 8.78 Å². The second kappa shape index (κ2) is 7.40. The highest BCUT2D eigenvalue weighted by Crippen LogP contribution is 2.26. The van der Waals surface area contributed by atoms with E-state index in [4.69, 9.17) is 0 Å². The predicted octanol–water partition coefficient (Wildman–Crippen LogP) is 2.82. The van der Waals surface area contributed by atoms with E-state index in [1.807, 2.05) is 37.3 Å². The average Bonchev–Trinajstić information content (AvgIpc) is 3.18. The summed E-state index contributed by atoms with van der Waals surface area (Å²) in [6, 6.07) is 13.4. The first kappa shape index (κ1) is 17.5. The zero-order valence-corrected chi connectivity index (χ0v) is 15.0. The topological polar surface area (TPSA) is 50.1 Å². The molecule has 3 aromatic rings. The lowest BCUT2D eigenvalue weighted by atomic mass is 10.1. The number of anilines is 1. The van der Waals surface area contributed by atoms with E-state index in [0.717, 1.165) is 37.9 Å². The molecule has 2 aromatic carbocycles. The van der Waals surface area contributed by atoms with E-state index in [-0.39, 0.29) is 6.04 Å². The van der Waals surface area contributed by atoms with Gasteiger partial charge in [-0.2, -0.15) is 4.68 Å². The highest BCUT2D eigenvalue weighted by Gasteiger charge is 2.26. The molecule has 0 bridgehead atoms. The lowest BCUT2D eigenvalue weighted by Gasteiger charge is -2.38. The number of halogens is 2. The molecule has 0 radical (unpaired) electrons. The molecular formula is C19H20F2N6. The molecule has 1 saturated heterocycles. The maximum absolute atomic E-state index is 14.1. The van der Waals surface area contributed by atoms with E-state index < -0.39 is 11.6 Å². The maximum atomic E-state index is 14.1. The molecule has 0 N–H and O–H groups in total. The van der Waals surface area contributed by atoms with Gasteiger partial charge in [0.15, 0.2) is 0 Å². The normalized spacial score (nSPS) is 16.5. The molecule has 8 heteroatoms. The van der Waals surface area contributed by atoms with Crippen molar-refractivity contribution in [3.63, 3.8) is 0 Å². The van der Waals surface area contributed by atoms with E-state index in [1.54, 1.807) is 4.68 Å². The van der Waals surface area contributed by atoms with Crippen LogP contribution in [0.2, 0.25) is 0 Å². The summed E-state index contributed by atoms with van der Waals surface area (Å²) in [5.41, 5.74) is 1.42. The molecule has 1 aliphatic heterocycles. The summed E-state index contributed by atoms with van der Waals surface area (Å²) in [5.74, 6) is -0.361. The Morgan fingerprint density at radius 2 is 1.70 bits per heavy atom. The van der Waals surface area contributed by atoms with Crippen LogP contribution in [0.5, 0.6) is 0 Å². The van der Waals surface area contributed by atoms with Gasteiger partial charge in [-0.3, -0.25) is 4.90 Å². The van der Waals surface area contributed by atoms with Crippen molar-refractivity contribution in [2.45, 2.75) is 13.0 Å². The Bertz CT molecular complexity index is 906. The Morgan fingerprint density at radius 1 is 0.963 bits per heavy atom. The quantitative estimate of drug-likeness (QED) is 0.707. The van der Waals surface area contributed by atoms with Gasteiger partial charge < -0.3 is 4.90 Å². The minimum atomic E-state index is -0.555. The van der Waals surface area contributed by atoms with E-state index in [9.17, 15) is 8.78 Å². The van der Waals surface area contributed by atoms with Crippen molar-refractivity contribution in [2.24, 2.45) is 0 Å². The molecule has 140 valence electrons. The number of hydrogen-bond donors (Lipinski definition) is 0. The molecule has 1 aromatic heterocycles. The van der Waals surface area contributed by atoms with Crippen LogP contribution in [0.15, 0.2) is 48.5 Å². The summed E-state index contributed by atoms with van der Waals surface area (Å²) < 4.78 is 29.0. The lowest BCUT2D eigenvalue weighted by molar-refractivity contribution is 0.194. The zero-order valence-electron chi connectivity index (χ0n) is 15.0. The van der Waals surface area contributed by atoms with Gasteiger partial charge in [0.05, 0.1) is 5.69 Å². The molecule has 0 saturated carbocycles. The van der Waals surface area contributed by atoms with Crippen molar-refractivity contribution in [2.75, 3.05) is 31.1 Å². The third kappa shape index (κ3) is 3.52. The number of tetrazole rings is 1. The van der Waals surface area contributed by atoms with Gasteiger partial charge in [0.1, 0.15) is 11.6 Å². The van der Waals surface area contributed by atoms with Gasteiger partial charge in [0, 0.05) is 43.9 Å². The van der Waals surface area contributed by atoms with Gasteiger partial charge in [-0.1, -0.05) is 29.4 Å². The fraction of sp³-hybridized carbons (Fsp3) is 0.316. The van der Waals surface area contributed by atoms with Crippen molar-refractivity contribution in [1.29, 1.82) is 0 Å². The second-order valence-electron chi connectivity index (χ2n) is 6.59. The maximum Gasteiger partial charge on any atom is 0.250 e. The van der Waals surface area contributed by atoms with Crippen LogP contribution in [0.1, 0.15) is 18.5 Å². The van der Waals surface area contributed by atoms with Gasteiger partial charge in [0.25, 0.3) is 0 Å². The fourth-order valence-electron chi connectivity index (χ4n) is 3.46. The van der Waals surface area contributed by atoms with Crippen LogP contribution in [0.25, 0.3) is 5.69 Å². The third-order valence-electron chi connectivity index (χ3n) is 5.01. The van der Waals surface area contributed by atoms with E-state index in [2.05, 4.69) is 25.3 Å². The molecule has 0 amide bonds. The summed E-state index contributed by atoms with van der Waals surface area (Å²) in [5, 5.41) is 12.1. The van der Waals surface area contributed by atoms with Crippen LogP contribution >= 0.6 is 0 Å². The van der Waals surface area contributed by atoms with Gasteiger partial charge in [-0.15, -0.1) is 0 Å². The Balaban J connectivity index is 1.46. The van der Waals surface area contributed by atoms with Gasteiger partial charge in [-0.25, -0.2) is 8.78 Å². The van der Waals surface area contributed by atoms with Crippen molar-refractivity contribution >= 4 is 5.95 Å². The highest BCUT2D eigenvalue weighted by atomic mass is 19.1. The molecule has 1 fully saturated rings. The minimum absolute atomic E-state index is 0.127. The summed E-state index contributed by atoms with van der Waals surface area (Å²) >= 11 is 0. The lowest BCUT2D eigenvalue weighted by Crippen LogP contribution is -2.48. The molecule has 1 unspecified atom stereocenters.